The van der Waals surface area contributed by atoms with Gasteiger partial charge in [0.2, 0.25) is 0 Å². The summed E-state index contributed by atoms with van der Waals surface area (Å²) in [5, 5.41) is 3.98. The van der Waals surface area contributed by atoms with Crippen molar-refractivity contribution in [2.45, 2.75) is 12.7 Å². The molecular weight excluding hydrogens is 162 g/mol. The zero-order valence-corrected chi connectivity index (χ0v) is 7.26. The van der Waals surface area contributed by atoms with E-state index in [1.807, 2.05) is 7.05 Å². The number of hydrogen-bond donors (Lipinski definition) is 0. The molecule has 0 amide bonds. The van der Waals surface area contributed by atoms with Crippen LogP contribution in [0.25, 0.3) is 0 Å². The highest BCUT2D eigenvalue weighted by atomic mass is 32.2. The molecule has 0 bridgehead atoms. The first kappa shape index (κ1) is 8.26. The lowest BCUT2D eigenvalue weighted by atomic mass is 10.7. The topological polar surface area (TPSA) is 47.8 Å². The van der Waals surface area contributed by atoms with Crippen LogP contribution in [0.1, 0.15) is 12.7 Å². The van der Waals surface area contributed by atoms with Crippen molar-refractivity contribution in [3.63, 3.8) is 0 Å². The third kappa shape index (κ3) is 2.34. The van der Waals surface area contributed by atoms with Crippen molar-refractivity contribution < 1.29 is 4.79 Å². The Bertz CT molecular complexity index is 258. The lowest BCUT2D eigenvalue weighted by Crippen LogP contribution is -1.98. The third-order valence-corrected chi connectivity index (χ3v) is 2.02. The normalized spacial score (nSPS) is 10.0. The van der Waals surface area contributed by atoms with E-state index in [0.29, 0.717) is 5.75 Å². The first-order valence-corrected chi connectivity index (χ1v) is 4.15. The van der Waals surface area contributed by atoms with Gasteiger partial charge in [-0.05, 0) is 0 Å². The van der Waals surface area contributed by atoms with Gasteiger partial charge in [0.1, 0.15) is 12.2 Å². The lowest BCUT2D eigenvalue weighted by molar-refractivity contribution is -0.109. The standard InChI is InChI=1S/C6H9N3OS/c1-5(10)11-3-6-7-4-8-9(6)2/h4H,3H2,1-2H3. The van der Waals surface area contributed by atoms with Gasteiger partial charge in [0, 0.05) is 14.0 Å². The van der Waals surface area contributed by atoms with Gasteiger partial charge in [0.25, 0.3) is 0 Å². The van der Waals surface area contributed by atoms with Crippen LogP contribution in [-0.2, 0) is 17.6 Å². The maximum Gasteiger partial charge on any atom is 0.186 e. The number of carbonyl (C=O) groups excluding carboxylic acids is 1. The second-order valence-electron chi connectivity index (χ2n) is 2.08. The SMILES string of the molecule is CC(=O)SCc1ncnn1C. The molecular formula is C6H9N3OS. The van der Waals surface area contributed by atoms with Gasteiger partial charge in [-0.2, -0.15) is 5.10 Å². The summed E-state index contributed by atoms with van der Waals surface area (Å²) in [7, 11) is 1.81. The van der Waals surface area contributed by atoms with Crippen LogP contribution in [0, 0.1) is 0 Å². The molecule has 0 radical (unpaired) electrons. The summed E-state index contributed by atoms with van der Waals surface area (Å²) in [6.45, 7) is 1.54. The molecule has 0 saturated heterocycles. The zero-order chi connectivity index (χ0) is 8.27. The summed E-state index contributed by atoms with van der Waals surface area (Å²) in [5.74, 6) is 1.43. The Morgan fingerprint density at radius 3 is 3.00 bits per heavy atom. The highest BCUT2D eigenvalue weighted by Gasteiger charge is 2.01. The Balaban J connectivity index is 2.51. The Hall–Kier alpha value is -0.840. The smallest absolute Gasteiger partial charge is 0.186 e. The van der Waals surface area contributed by atoms with Crippen molar-refractivity contribution in [1.29, 1.82) is 0 Å². The van der Waals surface area contributed by atoms with E-state index < -0.39 is 0 Å². The van der Waals surface area contributed by atoms with Crippen LogP contribution in [0.5, 0.6) is 0 Å². The number of thioether (sulfide) groups is 1. The molecule has 0 aliphatic rings. The summed E-state index contributed by atoms with van der Waals surface area (Å²) < 4.78 is 1.66. The molecule has 0 N–H and O–H groups in total. The van der Waals surface area contributed by atoms with Gasteiger partial charge in [0.05, 0.1) is 5.75 Å². The fourth-order valence-corrected chi connectivity index (χ4v) is 1.21. The van der Waals surface area contributed by atoms with Crippen molar-refractivity contribution in [3.05, 3.63) is 12.2 Å². The van der Waals surface area contributed by atoms with Gasteiger partial charge in [-0.25, -0.2) is 4.98 Å². The van der Waals surface area contributed by atoms with E-state index in [4.69, 9.17) is 0 Å². The second-order valence-corrected chi connectivity index (χ2v) is 3.23. The molecule has 0 atom stereocenters. The van der Waals surface area contributed by atoms with Crippen LogP contribution in [0.15, 0.2) is 6.33 Å². The minimum absolute atomic E-state index is 0.105. The number of nitrogens with zero attached hydrogens (tertiary/aromatic N) is 3. The van der Waals surface area contributed by atoms with Crippen molar-refractivity contribution in [2.75, 3.05) is 0 Å². The minimum Gasteiger partial charge on any atom is -0.288 e. The molecule has 1 rings (SSSR count). The molecule has 1 heterocycles. The van der Waals surface area contributed by atoms with Gasteiger partial charge < -0.3 is 0 Å². The molecule has 4 nitrogen and oxygen atoms in total. The number of aromatic nitrogens is 3. The van der Waals surface area contributed by atoms with E-state index in [-0.39, 0.29) is 5.12 Å². The third-order valence-electron chi connectivity index (χ3n) is 1.21. The fourth-order valence-electron chi connectivity index (χ4n) is 0.617. The quantitative estimate of drug-likeness (QED) is 0.653. The Kier molecular flexibility index (Phi) is 2.64. The first-order chi connectivity index (χ1) is 5.20. The van der Waals surface area contributed by atoms with Crippen molar-refractivity contribution in [3.8, 4) is 0 Å². The predicted molar refractivity (Wildman–Crippen MR) is 43.0 cm³/mol. The Morgan fingerprint density at radius 2 is 2.55 bits per heavy atom. The van der Waals surface area contributed by atoms with Crippen molar-refractivity contribution in [2.24, 2.45) is 7.05 Å². The van der Waals surface area contributed by atoms with Gasteiger partial charge >= 0.3 is 0 Å². The predicted octanol–water partition coefficient (Wildman–Crippen LogP) is 0.595. The van der Waals surface area contributed by atoms with Gasteiger partial charge in [0.15, 0.2) is 5.12 Å². The molecule has 0 aliphatic carbocycles. The highest BCUT2D eigenvalue weighted by molar-refractivity contribution is 8.12. The number of carbonyl (C=O) groups is 1. The van der Waals surface area contributed by atoms with Crippen LogP contribution < -0.4 is 0 Å². The van der Waals surface area contributed by atoms with E-state index in [9.17, 15) is 4.79 Å². The average molecular weight is 171 g/mol. The molecule has 0 fully saturated rings. The minimum atomic E-state index is 0.105. The summed E-state index contributed by atoms with van der Waals surface area (Å²) in [6.07, 6.45) is 1.48. The summed E-state index contributed by atoms with van der Waals surface area (Å²) in [6, 6.07) is 0. The first-order valence-electron chi connectivity index (χ1n) is 3.16. The fraction of sp³-hybridized carbons (Fsp3) is 0.500. The largest absolute Gasteiger partial charge is 0.288 e. The van der Waals surface area contributed by atoms with Gasteiger partial charge in [-0.1, -0.05) is 11.8 Å². The molecule has 1 aromatic rings. The maximum absolute atomic E-state index is 10.6. The molecule has 0 aliphatic heterocycles. The monoisotopic (exact) mass is 171 g/mol. The molecule has 0 saturated carbocycles. The van der Waals surface area contributed by atoms with E-state index in [2.05, 4.69) is 10.1 Å². The molecule has 0 unspecified atom stereocenters. The molecule has 5 heteroatoms. The van der Waals surface area contributed by atoms with Crippen LogP contribution >= 0.6 is 11.8 Å². The van der Waals surface area contributed by atoms with Crippen LogP contribution in [0.2, 0.25) is 0 Å². The molecule has 60 valence electrons. The van der Waals surface area contributed by atoms with E-state index in [1.54, 1.807) is 11.6 Å². The zero-order valence-electron chi connectivity index (χ0n) is 6.44. The van der Waals surface area contributed by atoms with Crippen molar-refractivity contribution in [1.82, 2.24) is 14.8 Å². The lowest BCUT2D eigenvalue weighted by Gasteiger charge is -1.95. The highest BCUT2D eigenvalue weighted by Crippen LogP contribution is 2.08. The average Bonchev–Trinajstić information content (AvgIpc) is 2.31. The second kappa shape index (κ2) is 3.52. The van der Waals surface area contributed by atoms with Crippen LogP contribution in [0.3, 0.4) is 0 Å². The van der Waals surface area contributed by atoms with Crippen molar-refractivity contribution >= 4 is 16.9 Å². The van der Waals surface area contributed by atoms with Crippen LogP contribution in [-0.4, -0.2) is 19.9 Å². The van der Waals surface area contributed by atoms with Crippen LogP contribution in [0.4, 0.5) is 0 Å². The number of rotatable bonds is 2. The van der Waals surface area contributed by atoms with E-state index >= 15 is 0 Å². The Labute approximate surface area is 69.0 Å². The summed E-state index contributed by atoms with van der Waals surface area (Å²) in [5.41, 5.74) is 0. The molecule has 11 heavy (non-hydrogen) atoms. The summed E-state index contributed by atoms with van der Waals surface area (Å²) >= 11 is 1.24. The molecule has 0 spiro atoms. The maximum atomic E-state index is 10.6. The van der Waals surface area contributed by atoms with E-state index in [0.717, 1.165) is 5.82 Å². The summed E-state index contributed by atoms with van der Waals surface area (Å²) in [4.78, 5) is 14.5. The van der Waals surface area contributed by atoms with Gasteiger partial charge in [-0.3, -0.25) is 9.48 Å². The number of aryl methyl sites for hydroxylation is 1. The number of hydrogen-bond acceptors (Lipinski definition) is 4. The van der Waals surface area contributed by atoms with Gasteiger partial charge in [-0.15, -0.1) is 0 Å². The molecule has 1 aromatic heterocycles. The Morgan fingerprint density at radius 1 is 1.82 bits per heavy atom. The van der Waals surface area contributed by atoms with E-state index in [1.165, 1.54) is 18.1 Å². The molecule has 0 aromatic carbocycles.